The first-order valence-corrected chi connectivity index (χ1v) is 15.3. The van der Waals surface area contributed by atoms with Gasteiger partial charge < -0.3 is 14.9 Å². The van der Waals surface area contributed by atoms with E-state index in [1.54, 1.807) is 0 Å². The van der Waals surface area contributed by atoms with Crippen LogP contribution in [0.25, 0.3) is 0 Å². The number of rotatable bonds is 13. The van der Waals surface area contributed by atoms with Crippen molar-refractivity contribution in [1.29, 1.82) is 0 Å². The number of ketones is 1. The van der Waals surface area contributed by atoms with Crippen LogP contribution in [0.3, 0.4) is 0 Å². The lowest BCUT2D eigenvalue weighted by Crippen LogP contribution is -2.60. The summed E-state index contributed by atoms with van der Waals surface area (Å²) in [5.41, 5.74) is 0.199. The van der Waals surface area contributed by atoms with E-state index in [4.69, 9.17) is 9.84 Å². The molecule has 0 aromatic carbocycles. The summed E-state index contributed by atoms with van der Waals surface area (Å²) in [6.07, 6.45) is 18.6. The fourth-order valence-electron chi connectivity index (χ4n) is 9.12. The summed E-state index contributed by atoms with van der Waals surface area (Å²) in [4.78, 5) is 22.9. The molecular weight excluding hydrogens is 452 g/mol. The highest BCUT2D eigenvalue weighted by Gasteiger charge is 2.63. The van der Waals surface area contributed by atoms with Crippen LogP contribution in [0.2, 0.25) is 0 Å². The predicted octanol–water partition coefficient (Wildman–Crippen LogP) is 6.94. The van der Waals surface area contributed by atoms with Gasteiger partial charge in [-0.15, -0.1) is 0 Å². The number of carboxylic acids is 1. The molecule has 0 spiro atoms. The Balaban J connectivity index is 1.25. The molecule has 0 aromatic heterocycles. The van der Waals surface area contributed by atoms with Crippen LogP contribution in [0, 0.1) is 34.5 Å². The molecule has 8 atom stereocenters. The third-order valence-corrected chi connectivity index (χ3v) is 11.2. The second-order valence-electron chi connectivity index (χ2n) is 13.4. The quantitative estimate of drug-likeness (QED) is 0.265. The normalized spacial score (nSPS) is 39.9. The van der Waals surface area contributed by atoms with Crippen LogP contribution in [0.5, 0.6) is 0 Å². The van der Waals surface area contributed by atoms with Crippen molar-refractivity contribution in [2.24, 2.45) is 34.5 Å². The Bertz CT molecular complexity index is 751. The van der Waals surface area contributed by atoms with Crippen LogP contribution in [0.15, 0.2) is 0 Å². The molecule has 36 heavy (non-hydrogen) atoms. The SMILES string of the molecule is C[C@]12CCC(=O)CC1CC[C@@H]1[C@H]2C(OCCCCCCCCCCCC(=O)O)C[C@]2(C)C(O)CC[C@@H]12. The number of aliphatic hydroxyl groups is 1. The van der Waals surface area contributed by atoms with E-state index in [0.717, 1.165) is 70.8 Å². The number of aliphatic hydroxyl groups excluding tert-OH is 1. The maximum absolute atomic E-state index is 12.3. The number of carboxylic acid groups (broad SMARTS) is 1. The number of Topliss-reactive ketones (excluding diaryl/α,β-unsaturated/α-hetero) is 1. The molecule has 4 aliphatic carbocycles. The first-order valence-electron chi connectivity index (χ1n) is 15.3. The second kappa shape index (κ2) is 12.3. The van der Waals surface area contributed by atoms with Gasteiger partial charge in [-0.25, -0.2) is 0 Å². The third-order valence-electron chi connectivity index (χ3n) is 11.2. The molecule has 2 N–H and O–H groups in total. The number of carbonyl (C=O) groups is 2. The first-order chi connectivity index (χ1) is 17.3. The van der Waals surface area contributed by atoms with Gasteiger partial charge in [-0.05, 0) is 85.9 Å². The molecule has 0 amide bonds. The lowest BCUT2D eigenvalue weighted by Gasteiger charge is -2.62. The number of unbranched alkanes of at least 4 members (excludes halogenated alkanes) is 8. The minimum absolute atomic E-state index is 0.00994. The number of hydrogen-bond acceptors (Lipinski definition) is 4. The predicted molar refractivity (Wildman–Crippen MR) is 142 cm³/mol. The highest BCUT2D eigenvalue weighted by Crippen LogP contribution is 2.66. The highest BCUT2D eigenvalue weighted by atomic mass is 16.5. The Morgan fingerprint density at radius 3 is 2.28 bits per heavy atom. The Morgan fingerprint density at radius 2 is 1.58 bits per heavy atom. The lowest BCUT2D eigenvalue weighted by atomic mass is 9.44. The maximum Gasteiger partial charge on any atom is 0.303 e. The van der Waals surface area contributed by atoms with E-state index >= 15 is 0 Å². The summed E-state index contributed by atoms with van der Waals surface area (Å²) in [6, 6.07) is 0. The second-order valence-corrected chi connectivity index (χ2v) is 13.4. The maximum atomic E-state index is 12.3. The van der Waals surface area contributed by atoms with Gasteiger partial charge in [0.05, 0.1) is 12.2 Å². The molecule has 4 aliphatic rings. The third kappa shape index (κ3) is 6.03. The van der Waals surface area contributed by atoms with Gasteiger partial charge in [0.25, 0.3) is 0 Å². The molecule has 4 rings (SSSR count). The van der Waals surface area contributed by atoms with Gasteiger partial charge in [0.2, 0.25) is 0 Å². The van der Waals surface area contributed by atoms with E-state index in [-0.39, 0.29) is 23.0 Å². The molecule has 206 valence electrons. The van der Waals surface area contributed by atoms with Gasteiger partial charge in [0, 0.05) is 25.9 Å². The van der Waals surface area contributed by atoms with Gasteiger partial charge in [0.1, 0.15) is 5.78 Å². The monoisotopic (exact) mass is 504 g/mol. The van der Waals surface area contributed by atoms with E-state index in [2.05, 4.69) is 13.8 Å². The smallest absolute Gasteiger partial charge is 0.303 e. The number of aliphatic carboxylic acids is 1. The van der Waals surface area contributed by atoms with Crippen LogP contribution in [-0.2, 0) is 14.3 Å². The topological polar surface area (TPSA) is 83.8 Å². The Labute approximate surface area is 219 Å². The van der Waals surface area contributed by atoms with Crippen LogP contribution < -0.4 is 0 Å². The van der Waals surface area contributed by atoms with Gasteiger partial charge in [-0.1, -0.05) is 58.8 Å². The average Bonchev–Trinajstić information content (AvgIpc) is 3.13. The fraction of sp³-hybridized carbons (Fsp3) is 0.935. The standard InChI is InChI=1S/C31H52O5/c1-30-18-17-23(32)20-22(30)13-14-24-25-15-16-27(33)31(25,2)21-26(29(24)30)36-19-11-9-7-5-3-4-6-8-10-12-28(34)35/h22,24-27,29,33H,3-21H2,1-2H3,(H,34,35)/t22?,24-,25-,26?,27?,29-,30-,31-/m0/s1. The number of ether oxygens (including phenoxy) is 1. The summed E-state index contributed by atoms with van der Waals surface area (Å²) in [7, 11) is 0. The minimum atomic E-state index is -0.680. The molecule has 4 fully saturated rings. The van der Waals surface area contributed by atoms with Crippen molar-refractivity contribution in [1.82, 2.24) is 0 Å². The van der Waals surface area contributed by atoms with Gasteiger partial charge in [-0.2, -0.15) is 0 Å². The Kier molecular flexibility index (Phi) is 9.58. The zero-order chi connectivity index (χ0) is 25.8. The Hall–Kier alpha value is -0.940. The highest BCUT2D eigenvalue weighted by molar-refractivity contribution is 5.79. The molecule has 0 aliphatic heterocycles. The molecule has 0 bridgehead atoms. The van der Waals surface area contributed by atoms with Crippen LogP contribution >= 0.6 is 0 Å². The lowest BCUT2D eigenvalue weighted by molar-refractivity contribution is -0.192. The summed E-state index contributed by atoms with van der Waals surface area (Å²) in [5.74, 6) is 2.08. The summed E-state index contributed by atoms with van der Waals surface area (Å²) in [6.45, 7) is 5.63. The summed E-state index contributed by atoms with van der Waals surface area (Å²) >= 11 is 0. The van der Waals surface area contributed by atoms with Crippen molar-refractivity contribution in [3.8, 4) is 0 Å². The van der Waals surface area contributed by atoms with E-state index < -0.39 is 5.97 Å². The van der Waals surface area contributed by atoms with E-state index in [0.29, 0.717) is 35.9 Å². The summed E-state index contributed by atoms with van der Waals surface area (Å²) < 4.78 is 6.76. The molecule has 0 heterocycles. The van der Waals surface area contributed by atoms with E-state index in [9.17, 15) is 14.7 Å². The molecule has 4 saturated carbocycles. The van der Waals surface area contributed by atoms with Crippen molar-refractivity contribution < 1.29 is 24.5 Å². The fourth-order valence-corrected chi connectivity index (χ4v) is 9.12. The molecule has 0 saturated heterocycles. The van der Waals surface area contributed by atoms with Crippen LogP contribution in [-0.4, -0.2) is 40.8 Å². The number of fused-ring (bicyclic) bond motifs is 5. The van der Waals surface area contributed by atoms with Crippen molar-refractivity contribution in [2.75, 3.05) is 6.61 Å². The molecule has 5 heteroatoms. The molecule has 0 radical (unpaired) electrons. The first kappa shape index (κ1) is 28.1. The summed E-state index contributed by atoms with van der Waals surface area (Å²) in [5, 5.41) is 19.7. The number of carbonyl (C=O) groups excluding carboxylic acids is 1. The average molecular weight is 505 g/mol. The molecule has 5 nitrogen and oxygen atoms in total. The van der Waals surface area contributed by atoms with Crippen molar-refractivity contribution >= 4 is 11.8 Å². The van der Waals surface area contributed by atoms with Crippen molar-refractivity contribution in [2.45, 2.75) is 142 Å². The van der Waals surface area contributed by atoms with Gasteiger partial charge in [0.15, 0.2) is 0 Å². The van der Waals surface area contributed by atoms with E-state index in [1.807, 2.05) is 0 Å². The zero-order valence-electron chi connectivity index (χ0n) is 23.0. The van der Waals surface area contributed by atoms with Crippen molar-refractivity contribution in [3.05, 3.63) is 0 Å². The molecule has 3 unspecified atom stereocenters. The van der Waals surface area contributed by atoms with Crippen LogP contribution in [0.1, 0.15) is 129 Å². The van der Waals surface area contributed by atoms with E-state index in [1.165, 1.54) is 44.9 Å². The van der Waals surface area contributed by atoms with Crippen LogP contribution in [0.4, 0.5) is 0 Å². The largest absolute Gasteiger partial charge is 0.481 e. The molecular formula is C31H52O5. The van der Waals surface area contributed by atoms with Gasteiger partial charge >= 0.3 is 5.97 Å². The Morgan fingerprint density at radius 1 is 0.917 bits per heavy atom. The molecule has 0 aromatic rings. The zero-order valence-corrected chi connectivity index (χ0v) is 23.0. The minimum Gasteiger partial charge on any atom is -0.481 e. The van der Waals surface area contributed by atoms with Gasteiger partial charge in [-0.3, -0.25) is 9.59 Å². The number of hydrogen-bond donors (Lipinski definition) is 2. The van der Waals surface area contributed by atoms with Crippen molar-refractivity contribution in [3.63, 3.8) is 0 Å².